The van der Waals surface area contributed by atoms with E-state index in [1.54, 1.807) is 34.9 Å². The number of aromatic nitrogens is 1. The van der Waals surface area contributed by atoms with Crippen LogP contribution >= 0.6 is 33.9 Å². The molecule has 0 aliphatic carbocycles. The van der Waals surface area contributed by atoms with E-state index in [1.807, 2.05) is 0 Å². The van der Waals surface area contributed by atoms with Gasteiger partial charge in [-0.3, -0.25) is 4.79 Å². The maximum atomic E-state index is 13.3. The molecule has 0 fully saturated rings. The van der Waals surface area contributed by atoms with Crippen molar-refractivity contribution in [3.05, 3.63) is 43.4 Å². The van der Waals surface area contributed by atoms with Crippen molar-refractivity contribution in [1.82, 2.24) is 4.98 Å². The number of aryl methyl sites for hydroxylation is 1. The van der Waals surface area contributed by atoms with Gasteiger partial charge >= 0.3 is 0 Å². The molecule has 0 aliphatic rings. The summed E-state index contributed by atoms with van der Waals surface area (Å²) in [4.78, 5) is 15.7. The second kappa shape index (κ2) is 5.27. The Bertz CT molecular complexity index is 592. The fourth-order valence-electron chi connectivity index (χ4n) is 1.29. The number of benzene rings is 1. The van der Waals surface area contributed by atoms with Crippen molar-refractivity contribution in [2.24, 2.45) is 0 Å². The summed E-state index contributed by atoms with van der Waals surface area (Å²) in [7, 11) is 0. The Morgan fingerprint density at radius 2 is 2.00 bits per heavy atom. The predicted octanol–water partition coefficient (Wildman–Crippen LogP) is 3.59. The van der Waals surface area contributed by atoms with Crippen molar-refractivity contribution in [3.63, 3.8) is 0 Å². The Hall–Kier alpha value is -1.09. The molecule has 0 unspecified atom stereocenters. The average Bonchev–Trinajstić information content (AvgIpc) is 2.72. The number of amides is 1. The second-order valence-corrected chi connectivity index (χ2v) is 5.60. The van der Waals surface area contributed by atoms with Crippen molar-refractivity contribution in [3.8, 4) is 0 Å². The number of nitrogens with zero attached hydrogens (tertiary/aromatic N) is 1. The fourth-order valence-corrected chi connectivity index (χ4v) is 2.19. The minimum atomic E-state index is -0.708. The van der Waals surface area contributed by atoms with Crippen LogP contribution in [0.1, 0.15) is 15.5 Å². The Kier molecular flexibility index (Phi) is 3.91. The number of rotatable bonds is 2. The third-order valence-corrected chi connectivity index (χ3v) is 3.90. The minimum Gasteiger partial charge on any atom is -0.320 e. The molecule has 1 heterocycles. The van der Waals surface area contributed by atoms with Crippen molar-refractivity contribution in [2.75, 3.05) is 5.32 Å². The summed E-state index contributed by atoms with van der Waals surface area (Å²) in [6, 6.07) is 2.14. The highest BCUT2D eigenvalue weighted by Gasteiger charge is 2.13. The summed E-state index contributed by atoms with van der Waals surface area (Å²) in [6.45, 7) is 1.77. The molecule has 1 aromatic carbocycles. The number of carbonyl (C=O) groups is 1. The lowest BCUT2D eigenvalue weighted by molar-refractivity contribution is 0.102. The van der Waals surface area contributed by atoms with Gasteiger partial charge in [0.05, 0.1) is 8.58 Å². The van der Waals surface area contributed by atoms with E-state index in [-0.39, 0.29) is 15.0 Å². The molecule has 0 bridgehead atoms. The molecule has 0 spiro atoms. The van der Waals surface area contributed by atoms with Gasteiger partial charge in [-0.15, -0.1) is 11.3 Å². The van der Waals surface area contributed by atoms with Crippen LogP contribution in [-0.4, -0.2) is 10.9 Å². The molecule has 2 aromatic rings. The van der Waals surface area contributed by atoms with Gasteiger partial charge in [0.2, 0.25) is 0 Å². The molecule has 0 radical (unpaired) electrons. The van der Waals surface area contributed by atoms with Crippen LogP contribution < -0.4 is 5.32 Å². The molecule has 94 valence electrons. The number of carbonyl (C=O) groups excluding carboxylic acids is 1. The number of hydrogen-bond donors (Lipinski definition) is 1. The molecule has 0 atom stereocenters. The summed E-state index contributed by atoms with van der Waals surface area (Å²) in [5.74, 6) is -1.90. The first kappa shape index (κ1) is 13.3. The summed E-state index contributed by atoms with van der Waals surface area (Å²) in [5, 5.41) is 4.74. The van der Waals surface area contributed by atoms with Crippen LogP contribution in [0.4, 0.5) is 14.5 Å². The predicted molar refractivity (Wildman–Crippen MR) is 73.9 cm³/mol. The van der Waals surface area contributed by atoms with Gasteiger partial charge < -0.3 is 5.32 Å². The Balaban J connectivity index is 2.22. The second-order valence-electron chi connectivity index (χ2n) is 3.46. The summed E-state index contributed by atoms with van der Waals surface area (Å²) >= 11 is 2.89. The van der Waals surface area contributed by atoms with E-state index in [0.717, 1.165) is 17.1 Å². The SMILES string of the molecule is Cc1nc(C(=O)Nc2cc(F)c(I)c(F)c2)cs1. The third-order valence-electron chi connectivity index (χ3n) is 2.09. The van der Waals surface area contributed by atoms with Crippen LogP contribution in [0.15, 0.2) is 17.5 Å². The molecule has 0 aliphatic heterocycles. The van der Waals surface area contributed by atoms with Crippen LogP contribution in [0, 0.1) is 22.1 Å². The monoisotopic (exact) mass is 380 g/mol. The van der Waals surface area contributed by atoms with Gasteiger partial charge in [0.15, 0.2) is 0 Å². The van der Waals surface area contributed by atoms with Crippen molar-refractivity contribution in [1.29, 1.82) is 0 Å². The normalized spacial score (nSPS) is 10.4. The van der Waals surface area contributed by atoms with Gasteiger partial charge in [-0.25, -0.2) is 13.8 Å². The Morgan fingerprint density at radius 3 is 2.50 bits per heavy atom. The highest BCUT2D eigenvalue weighted by Crippen LogP contribution is 2.21. The van der Waals surface area contributed by atoms with Gasteiger partial charge in [0, 0.05) is 11.1 Å². The summed E-state index contributed by atoms with van der Waals surface area (Å²) in [5.41, 5.74) is 0.304. The van der Waals surface area contributed by atoms with Crippen LogP contribution in [0.5, 0.6) is 0 Å². The van der Waals surface area contributed by atoms with Crippen molar-refractivity contribution >= 4 is 45.5 Å². The molecule has 3 nitrogen and oxygen atoms in total. The molecule has 1 amide bonds. The highest BCUT2D eigenvalue weighted by molar-refractivity contribution is 14.1. The lowest BCUT2D eigenvalue weighted by Crippen LogP contribution is -2.13. The topological polar surface area (TPSA) is 42.0 Å². The number of nitrogens with one attached hydrogen (secondary N) is 1. The van der Waals surface area contributed by atoms with Crippen molar-refractivity contribution < 1.29 is 13.6 Å². The Labute approximate surface area is 119 Å². The van der Waals surface area contributed by atoms with Crippen LogP contribution in [0.2, 0.25) is 0 Å². The van der Waals surface area contributed by atoms with E-state index >= 15 is 0 Å². The van der Waals surface area contributed by atoms with Crippen LogP contribution in [0.25, 0.3) is 0 Å². The summed E-state index contributed by atoms with van der Waals surface area (Å²) < 4.78 is 26.5. The van der Waals surface area contributed by atoms with Crippen molar-refractivity contribution in [2.45, 2.75) is 6.92 Å². The molecule has 7 heteroatoms. The Morgan fingerprint density at radius 1 is 1.39 bits per heavy atom. The largest absolute Gasteiger partial charge is 0.320 e. The first-order valence-electron chi connectivity index (χ1n) is 4.85. The van der Waals surface area contributed by atoms with E-state index in [0.29, 0.717) is 0 Å². The van der Waals surface area contributed by atoms with E-state index in [9.17, 15) is 13.6 Å². The standard InChI is InChI=1S/C11H7F2IN2OS/c1-5-15-9(4-18-5)11(17)16-6-2-7(12)10(14)8(13)3-6/h2-4H,1H3,(H,16,17). The minimum absolute atomic E-state index is 0.0704. The van der Waals surface area contributed by atoms with Gasteiger partial charge in [-0.2, -0.15) is 0 Å². The molecule has 0 saturated heterocycles. The first-order valence-corrected chi connectivity index (χ1v) is 6.81. The van der Waals surface area contributed by atoms with E-state index < -0.39 is 17.5 Å². The quantitative estimate of drug-likeness (QED) is 0.639. The van der Waals surface area contributed by atoms with Gasteiger partial charge in [-0.05, 0) is 41.6 Å². The molecule has 2 rings (SSSR count). The number of hydrogen-bond acceptors (Lipinski definition) is 3. The third kappa shape index (κ3) is 2.83. The summed E-state index contributed by atoms with van der Waals surface area (Å²) in [6.07, 6.45) is 0. The van der Waals surface area contributed by atoms with E-state index in [1.165, 1.54) is 11.3 Å². The number of anilines is 1. The zero-order valence-corrected chi connectivity index (χ0v) is 12.1. The maximum Gasteiger partial charge on any atom is 0.275 e. The van der Waals surface area contributed by atoms with E-state index in [2.05, 4.69) is 10.3 Å². The molecule has 1 N–H and O–H groups in total. The first-order chi connectivity index (χ1) is 8.47. The number of halogens is 3. The number of thiazole rings is 1. The lowest BCUT2D eigenvalue weighted by atomic mass is 10.3. The highest BCUT2D eigenvalue weighted by atomic mass is 127. The zero-order chi connectivity index (χ0) is 13.3. The van der Waals surface area contributed by atoms with Crippen LogP contribution in [-0.2, 0) is 0 Å². The zero-order valence-electron chi connectivity index (χ0n) is 9.13. The molecular weight excluding hydrogens is 373 g/mol. The molecular formula is C11H7F2IN2OS. The molecule has 0 saturated carbocycles. The molecule has 18 heavy (non-hydrogen) atoms. The lowest BCUT2D eigenvalue weighted by Gasteiger charge is -2.05. The van der Waals surface area contributed by atoms with Gasteiger partial charge in [-0.1, -0.05) is 0 Å². The van der Waals surface area contributed by atoms with Crippen LogP contribution in [0.3, 0.4) is 0 Å². The van der Waals surface area contributed by atoms with Gasteiger partial charge in [0.25, 0.3) is 5.91 Å². The smallest absolute Gasteiger partial charge is 0.275 e. The van der Waals surface area contributed by atoms with E-state index in [4.69, 9.17) is 0 Å². The van der Waals surface area contributed by atoms with Gasteiger partial charge in [0.1, 0.15) is 17.3 Å². The molecule has 1 aromatic heterocycles. The average molecular weight is 380 g/mol. The maximum absolute atomic E-state index is 13.3. The fraction of sp³-hybridized carbons (Fsp3) is 0.0909.